The molecule has 1 N–H and O–H groups in total. The lowest BCUT2D eigenvalue weighted by atomic mass is 9.95. The first-order chi connectivity index (χ1) is 12.6. The molecular weight excluding hydrogens is 330 g/mol. The van der Waals surface area contributed by atoms with E-state index in [0.29, 0.717) is 31.7 Å². The monoisotopic (exact) mass is 353 g/mol. The Morgan fingerprint density at radius 2 is 1.92 bits per heavy atom. The molecule has 0 bridgehead atoms. The third kappa shape index (κ3) is 2.96. The highest BCUT2D eigenvalue weighted by Gasteiger charge is 2.42. The molecule has 1 atom stereocenters. The van der Waals surface area contributed by atoms with E-state index >= 15 is 0 Å². The summed E-state index contributed by atoms with van der Waals surface area (Å²) in [7, 11) is 1.93. The van der Waals surface area contributed by atoms with Crippen molar-refractivity contribution in [2.24, 2.45) is 7.05 Å². The third-order valence-corrected chi connectivity index (χ3v) is 5.46. The summed E-state index contributed by atoms with van der Waals surface area (Å²) in [5.41, 5.74) is 2.35. The molecule has 26 heavy (non-hydrogen) atoms. The molecular formula is C20H23N3O3. The van der Waals surface area contributed by atoms with Crippen molar-refractivity contribution in [1.82, 2.24) is 14.8 Å². The van der Waals surface area contributed by atoms with Crippen LogP contribution in [0.2, 0.25) is 0 Å². The van der Waals surface area contributed by atoms with Crippen molar-refractivity contribution in [3.05, 3.63) is 48.2 Å². The predicted octanol–water partition coefficient (Wildman–Crippen LogP) is 2.80. The average molecular weight is 353 g/mol. The third-order valence-electron chi connectivity index (χ3n) is 5.46. The Kier molecular flexibility index (Phi) is 4.18. The summed E-state index contributed by atoms with van der Waals surface area (Å²) >= 11 is 0. The average Bonchev–Trinajstić information content (AvgIpc) is 3.13. The minimum Gasteiger partial charge on any atom is -0.441 e. The lowest BCUT2D eigenvalue weighted by Gasteiger charge is -2.25. The maximum Gasteiger partial charge on any atom is 0.407 e. The van der Waals surface area contributed by atoms with Gasteiger partial charge in [-0.25, -0.2) is 4.79 Å². The molecule has 1 spiro atoms. The lowest BCUT2D eigenvalue weighted by Crippen LogP contribution is -2.37. The van der Waals surface area contributed by atoms with Gasteiger partial charge in [0, 0.05) is 32.3 Å². The molecule has 2 aliphatic rings. The van der Waals surface area contributed by atoms with Crippen LogP contribution in [-0.4, -0.2) is 46.7 Å². The molecule has 0 saturated carbocycles. The summed E-state index contributed by atoms with van der Waals surface area (Å²) in [5, 5.41) is 2.75. The molecule has 2 amide bonds. The summed E-state index contributed by atoms with van der Waals surface area (Å²) in [6, 6.07) is 13.9. The number of rotatable bonds is 2. The summed E-state index contributed by atoms with van der Waals surface area (Å²) in [4.78, 5) is 26.4. The molecule has 1 aromatic heterocycles. The van der Waals surface area contributed by atoms with Crippen LogP contribution < -0.4 is 5.32 Å². The van der Waals surface area contributed by atoms with Crippen molar-refractivity contribution in [3.8, 4) is 11.3 Å². The first kappa shape index (κ1) is 16.7. The van der Waals surface area contributed by atoms with Crippen molar-refractivity contribution in [2.75, 3.05) is 19.6 Å². The number of hydrogen-bond donors (Lipinski definition) is 1. The van der Waals surface area contributed by atoms with Crippen LogP contribution in [0.25, 0.3) is 11.3 Å². The van der Waals surface area contributed by atoms with Gasteiger partial charge in [0.2, 0.25) is 0 Å². The van der Waals surface area contributed by atoms with Crippen molar-refractivity contribution in [3.63, 3.8) is 0 Å². The smallest absolute Gasteiger partial charge is 0.407 e. The molecule has 0 unspecified atom stereocenters. The molecule has 2 aromatic rings. The van der Waals surface area contributed by atoms with Crippen LogP contribution in [0.1, 0.15) is 29.8 Å². The second-order valence-corrected chi connectivity index (χ2v) is 7.10. The van der Waals surface area contributed by atoms with Gasteiger partial charge in [-0.2, -0.15) is 0 Å². The number of amides is 2. The van der Waals surface area contributed by atoms with E-state index in [1.54, 1.807) is 0 Å². The predicted molar refractivity (Wildman–Crippen MR) is 97.8 cm³/mol. The van der Waals surface area contributed by atoms with Crippen LogP contribution in [0.15, 0.2) is 42.5 Å². The van der Waals surface area contributed by atoms with E-state index in [9.17, 15) is 9.59 Å². The molecule has 3 heterocycles. The molecule has 2 aliphatic heterocycles. The highest BCUT2D eigenvalue weighted by atomic mass is 16.6. The number of nitrogens with zero attached hydrogens (tertiary/aromatic N) is 2. The molecule has 1 aromatic carbocycles. The number of aromatic nitrogens is 1. The zero-order chi connectivity index (χ0) is 18.1. The van der Waals surface area contributed by atoms with Gasteiger partial charge in [-0.15, -0.1) is 0 Å². The van der Waals surface area contributed by atoms with Crippen molar-refractivity contribution in [1.29, 1.82) is 0 Å². The summed E-state index contributed by atoms with van der Waals surface area (Å²) in [5.74, 6) is 0.0315. The van der Waals surface area contributed by atoms with E-state index in [2.05, 4.69) is 5.32 Å². The molecule has 0 aliphatic carbocycles. The Morgan fingerprint density at radius 1 is 1.12 bits per heavy atom. The normalized spacial score (nSPS) is 22.8. The van der Waals surface area contributed by atoms with E-state index in [1.807, 2.05) is 59.0 Å². The fourth-order valence-corrected chi connectivity index (χ4v) is 3.94. The molecule has 136 valence electrons. The van der Waals surface area contributed by atoms with Crippen LogP contribution in [0.3, 0.4) is 0 Å². The Morgan fingerprint density at radius 3 is 2.65 bits per heavy atom. The maximum absolute atomic E-state index is 13.1. The Labute approximate surface area is 152 Å². The second kappa shape index (κ2) is 6.52. The number of carbonyl (C=O) groups excluding carboxylic acids is 2. The fourth-order valence-electron chi connectivity index (χ4n) is 3.94. The molecule has 4 rings (SSSR count). The largest absolute Gasteiger partial charge is 0.441 e. The van der Waals surface area contributed by atoms with Gasteiger partial charge in [0.15, 0.2) is 0 Å². The maximum atomic E-state index is 13.1. The lowest BCUT2D eigenvalue weighted by molar-refractivity contribution is 0.0438. The van der Waals surface area contributed by atoms with E-state index in [1.165, 1.54) is 0 Å². The summed E-state index contributed by atoms with van der Waals surface area (Å²) in [6.45, 7) is 1.82. The number of ether oxygens (including phenoxy) is 1. The summed E-state index contributed by atoms with van der Waals surface area (Å²) in [6.07, 6.45) is 1.95. The number of hydrogen-bond acceptors (Lipinski definition) is 3. The fraction of sp³-hybridized carbons (Fsp3) is 0.400. The molecule has 2 saturated heterocycles. The standard InChI is InChI=1S/C20H23N3O3/c1-22-16(15-6-3-2-4-7-15)8-9-17(22)18(24)23-12-5-10-20(11-13-23)14-21-19(25)26-20/h2-4,6-9H,5,10-14H2,1H3,(H,21,25)/t20-/m1/s1. The van der Waals surface area contributed by atoms with E-state index < -0.39 is 5.60 Å². The number of alkyl carbamates (subject to hydrolysis) is 1. The highest BCUT2D eigenvalue weighted by molar-refractivity contribution is 5.94. The Balaban J connectivity index is 1.52. The van der Waals surface area contributed by atoms with Crippen LogP contribution >= 0.6 is 0 Å². The van der Waals surface area contributed by atoms with Crippen molar-refractivity contribution in [2.45, 2.75) is 24.9 Å². The van der Waals surface area contributed by atoms with Gasteiger partial charge in [0.1, 0.15) is 11.3 Å². The minimum absolute atomic E-state index is 0.0315. The van der Waals surface area contributed by atoms with Crippen LogP contribution in [0.4, 0.5) is 4.79 Å². The van der Waals surface area contributed by atoms with Gasteiger partial charge < -0.3 is 19.5 Å². The molecule has 2 fully saturated rings. The van der Waals surface area contributed by atoms with Gasteiger partial charge in [0.05, 0.1) is 6.54 Å². The first-order valence-electron chi connectivity index (χ1n) is 9.05. The number of carbonyl (C=O) groups is 2. The minimum atomic E-state index is -0.449. The molecule has 6 nitrogen and oxygen atoms in total. The second-order valence-electron chi connectivity index (χ2n) is 7.10. The number of likely N-dealkylation sites (tertiary alicyclic amines) is 1. The molecule has 0 radical (unpaired) electrons. The van der Waals surface area contributed by atoms with Gasteiger partial charge >= 0.3 is 6.09 Å². The quantitative estimate of drug-likeness (QED) is 0.903. The SMILES string of the molecule is Cn1c(C(=O)N2CCC[C@@]3(CC2)CNC(=O)O3)ccc1-c1ccccc1. The van der Waals surface area contributed by atoms with Gasteiger partial charge in [-0.1, -0.05) is 30.3 Å². The summed E-state index contributed by atoms with van der Waals surface area (Å²) < 4.78 is 7.45. The van der Waals surface area contributed by atoms with Crippen LogP contribution in [0.5, 0.6) is 0 Å². The zero-order valence-electron chi connectivity index (χ0n) is 14.9. The van der Waals surface area contributed by atoms with Gasteiger partial charge in [-0.05, 0) is 30.5 Å². The van der Waals surface area contributed by atoms with Crippen molar-refractivity contribution < 1.29 is 14.3 Å². The Bertz CT molecular complexity index is 830. The first-order valence-corrected chi connectivity index (χ1v) is 9.05. The van der Waals surface area contributed by atoms with Crippen LogP contribution in [0, 0.1) is 0 Å². The van der Waals surface area contributed by atoms with E-state index in [-0.39, 0.29) is 12.0 Å². The topological polar surface area (TPSA) is 63.6 Å². The van der Waals surface area contributed by atoms with Crippen LogP contribution in [-0.2, 0) is 11.8 Å². The van der Waals surface area contributed by atoms with Gasteiger partial charge in [0.25, 0.3) is 5.91 Å². The van der Waals surface area contributed by atoms with Crippen molar-refractivity contribution >= 4 is 12.0 Å². The van der Waals surface area contributed by atoms with E-state index in [0.717, 1.165) is 24.1 Å². The Hall–Kier alpha value is -2.76. The van der Waals surface area contributed by atoms with E-state index in [4.69, 9.17) is 4.74 Å². The highest BCUT2D eigenvalue weighted by Crippen LogP contribution is 2.30. The van der Waals surface area contributed by atoms with Gasteiger partial charge in [-0.3, -0.25) is 4.79 Å². The zero-order valence-corrected chi connectivity index (χ0v) is 14.9. The number of nitrogens with one attached hydrogen (secondary N) is 1. The number of benzene rings is 1. The molecule has 6 heteroatoms.